The van der Waals surface area contributed by atoms with E-state index in [1.807, 2.05) is 0 Å². The fourth-order valence-corrected chi connectivity index (χ4v) is 2.26. The first-order valence-electron chi connectivity index (χ1n) is 8.17. The molecule has 0 aliphatic rings. The van der Waals surface area contributed by atoms with Gasteiger partial charge < -0.3 is 15.9 Å². The number of aliphatic hydroxyl groups excluding tert-OH is 1. The molecular weight excluding hydrogens is 270 g/mol. The minimum absolute atomic E-state index is 0.109. The van der Waals surface area contributed by atoms with E-state index in [-0.39, 0.29) is 12.2 Å². The average Bonchev–Trinajstić information content (AvgIpc) is 2.44. The zero-order valence-electron chi connectivity index (χ0n) is 13.2. The lowest BCUT2D eigenvalue weighted by Crippen LogP contribution is -2.42. The fourth-order valence-electron chi connectivity index (χ4n) is 2.26. The number of hydrogen-bond acceptors (Lipinski definition) is 4. The van der Waals surface area contributed by atoms with Crippen molar-refractivity contribution in [2.45, 2.75) is 89.7 Å². The molecule has 0 saturated heterocycles. The van der Waals surface area contributed by atoms with Crippen LogP contribution in [0.1, 0.15) is 77.6 Å². The molecule has 5 heteroatoms. The summed E-state index contributed by atoms with van der Waals surface area (Å²) in [6.45, 7) is 2.21. The summed E-state index contributed by atoms with van der Waals surface area (Å²) < 4.78 is 0. The molecule has 5 nitrogen and oxygen atoms in total. The van der Waals surface area contributed by atoms with Crippen LogP contribution in [0, 0.1) is 0 Å². The number of carboxylic acids is 1. The Kier molecular flexibility index (Phi) is 12.2. The first kappa shape index (κ1) is 20.1. The van der Waals surface area contributed by atoms with Gasteiger partial charge in [-0.15, -0.1) is 0 Å². The molecule has 0 rings (SSSR count). The third-order valence-electron chi connectivity index (χ3n) is 3.70. The maximum Gasteiger partial charge on any atom is 0.323 e. The Morgan fingerprint density at radius 2 is 1.43 bits per heavy atom. The number of carbonyl (C=O) groups excluding carboxylic acids is 1. The summed E-state index contributed by atoms with van der Waals surface area (Å²) in [6.07, 6.45) is 9.58. The second kappa shape index (κ2) is 12.8. The van der Waals surface area contributed by atoms with E-state index in [1.165, 1.54) is 38.5 Å². The van der Waals surface area contributed by atoms with Gasteiger partial charge in [0.15, 0.2) is 0 Å². The molecule has 0 radical (unpaired) electrons. The Morgan fingerprint density at radius 3 is 1.90 bits per heavy atom. The number of ketones is 1. The molecule has 0 spiro atoms. The highest BCUT2D eigenvalue weighted by atomic mass is 16.4. The zero-order valence-corrected chi connectivity index (χ0v) is 13.2. The Hall–Kier alpha value is -0.940. The van der Waals surface area contributed by atoms with E-state index in [9.17, 15) is 14.7 Å². The van der Waals surface area contributed by atoms with Crippen molar-refractivity contribution in [3.8, 4) is 0 Å². The zero-order chi connectivity index (χ0) is 16.1. The number of Topliss-reactive ketones (excluding diaryl/α,β-unsaturated/α-hetero) is 1. The van der Waals surface area contributed by atoms with Crippen LogP contribution in [-0.2, 0) is 9.59 Å². The molecule has 0 bridgehead atoms. The molecule has 0 aromatic carbocycles. The average molecular weight is 301 g/mol. The number of nitrogens with two attached hydrogens (primary N) is 1. The molecule has 0 amide bonds. The van der Waals surface area contributed by atoms with E-state index in [0.29, 0.717) is 6.42 Å². The quantitative estimate of drug-likeness (QED) is 0.428. The molecule has 0 heterocycles. The standard InChI is InChI=1S/C16H31NO4/c1-2-3-4-5-6-7-8-9-10-11-13(18)12-14(19)15(17)16(20)21/h14-15,19H,2-12,17H2,1H3,(H,20,21)/t14-,15+/m1/s1. The lowest BCUT2D eigenvalue weighted by Gasteiger charge is -2.13. The van der Waals surface area contributed by atoms with Gasteiger partial charge in [0.2, 0.25) is 0 Å². The second-order valence-corrected chi connectivity index (χ2v) is 5.75. The maximum atomic E-state index is 11.6. The van der Waals surface area contributed by atoms with Crippen molar-refractivity contribution in [3.05, 3.63) is 0 Å². The van der Waals surface area contributed by atoms with Gasteiger partial charge in [0.25, 0.3) is 0 Å². The monoisotopic (exact) mass is 301 g/mol. The highest BCUT2D eigenvalue weighted by molar-refractivity contribution is 5.81. The fraction of sp³-hybridized carbons (Fsp3) is 0.875. The number of unbranched alkanes of at least 4 members (excludes halogenated alkanes) is 8. The van der Waals surface area contributed by atoms with Gasteiger partial charge in [-0.25, -0.2) is 0 Å². The van der Waals surface area contributed by atoms with Crippen molar-refractivity contribution in [2.75, 3.05) is 0 Å². The van der Waals surface area contributed by atoms with Gasteiger partial charge in [-0.3, -0.25) is 9.59 Å². The largest absolute Gasteiger partial charge is 0.480 e. The molecule has 124 valence electrons. The highest BCUT2D eigenvalue weighted by Crippen LogP contribution is 2.11. The normalized spacial score (nSPS) is 13.9. The Balaban J connectivity index is 3.48. The van der Waals surface area contributed by atoms with Crippen molar-refractivity contribution in [3.63, 3.8) is 0 Å². The first-order valence-corrected chi connectivity index (χ1v) is 8.17. The van der Waals surface area contributed by atoms with Crippen LogP contribution in [0.2, 0.25) is 0 Å². The molecule has 4 N–H and O–H groups in total. The van der Waals surface area contributed by atoms with Crippen molar-refractivity contribution in [2.24, 2.45) is 5.73 Å². The van der Waals surface area contributed by atoms with Crippen LogP contribution in [0.15, 0.2) is 0 Å². The van der Waals surface area contributed by atoms with Crippen LogP contribution in [0.4, 0.5) is 0 Å². The number of rotatable bonds is 14. The van der Waals surface area contributed by atoms with E-state index >= 15 is 0 Å². The highest BCUT2D eigenvalue weighted by Gasteiger charge is 2.23. The van der Waals surface area contributed by atoms with E-state index in [2.05, 4.69) is 6.92 Å². The third kappa shape index (κ3) is 11.4. The van der Waals surface area contributed by atoms with Crippen LogP contribution in [0.5, 0.6) is 0 Å². The minimum atomic E-state index is -1.38. The first-order chi connectivity index (χ1) is 9.99. The molecule has 0 aromatic rings. The molecule has 0 fully saturated rings. The van der Waals surface area contributed by atoms with E-state index < -0.39 is 18.1 Å². The molecule has 2 atom stereocenters. The van der Waals surface area contributed by atoms with Crippen LogP contribution in [-0.4, -0.2) is 34.1 Å². The molecular formula is C16H31NO4. The van der Waals surface area contributed by atoms with Gasteiger partial charge in [0, 0.05) is 12.8 Å². The smallest absolute Gasteiger partial charge is 0.323 e. The summed E-state index contributed by atoms with van der Waals surface area (Å²) in [7, 11) is 0. The summed E-state index contributed by atoms with van der Waals surface area (Å²) >= 11 is 0. The van der Waals surface area contributed by atoms with Crippen molar-refractivity contribution < 1.29 is 19.8 Å². The molecule has 0 aromatic heterocycles. The van der Waals surface area contributed by atoms with Crippen molar-refractivity contribution >= 4 is 11.8 Å². The molecule has 21 heavy (non-hydrogen) atoms. The predicted molar refractivity (Wildman–Crippen MR) is 83.1 cm³/mol. The summed E-state index contributed by atoms with van der Waals surface area (Å²) in [6, 6.07) is -1.38. The van der Waals surface area contributed by atoms with Gasteiger partial charge in [0.1, 0.15) is 11.8 Å². The van der Waals surface area contributed by atoms with E-state index in [4.69, 9.17) is 10.8 Å². The number of carboxylic acid groups (broad SMARTS) is 1. The second-order valence-electron chi connectivity index (χ2n) is 5.75. The summed E-state index contributed by atoms with van der Waals surface area (Å²) in [4.78, 5) is 22.1. The van der Waals surface area contributed by atoms with Crippen LogP contribution >= 0.6 is 0 Å². The third-order valence-corrected chi connectivity index (χ3v) is 3.70. The molecule has 0 aliphatic carbocycles. The topological polar surface area (TPSA) is 101 Å². The Morgan fingerprint density at radius 1 is 0.952 bits per heavy atom. The number of hydrogen-bond donors (Lipinski definition) is 3. The van der Waals surface area contributed by atoms with Crippen LogP contribution in [0.3, 0.4) is 0 Å². The lowest BCUT2D eigenvalue weighted by atomic mass is 10.0. The SMILES string of the molecule is CCCCCCCCCCCC(=O)C[C@@H](O)[C@H](N)C(=O)O. The molecule has 0 aliphatic heterocycles. The van der Waals surface area contributed by atoms with Crippen LogP contribution < -0.4 is 5.73 Å². The van der Waals surface area contributed by atoms with Crippen molar-refractivity contribution in [1.82, 2.24) is 0 Å². The predicted octanol–water partition coefficient (Wildman–Crippen LogP) is 2.64. The minimum Gasteiger partial charge on any atom is -0.480 e. The van der Waals surface area contributed by atoms with E-state index in [1.54, 1.807) is 0 Å². The van der Waals surface area contributed by atoms with Gasteiger partial charge in [-0.1, -0.05) is 58.3 Å². The van der Waals surface area contributed by atoms with Gasteiger partial charge >= 0.3 is 5.97 Å². The Bertz CT molecular complexity index is 294. The Labute approximate surface area is 127 Å². The van der Waals surface area contributed by atoms with Gasteiger partial charge in [-0.05, 0) is 6.42 Å². The molecule has 0 unspecified atom stereocenters. The summed E-state index contributed by atoms with van der Waals surface area (Å²) in [5.74, 6) is -1.39. The summed E-state index contributed by atoms with van der Waals surface area (Å²) in [5, 5.41) is 18.1. The van der Waals surface area contributed by atoms with Crippen LogP contribution in [0.25, 0.3) is 0 Å². The summed E-state index contributed by atoms with van der Waals surface area (Å²) in [5.41, 5.74) is 5.25. The van der Waals surface area contributed by atoms with E-state index in [0.717, 1.165) is 19.3 Å². The number of aliphatic hydroxyl groups is 1. The number of aliphatic carboxylic acids is 1. The van der Waals surface area contributed by atoms with Gasteiger partial charge in [-0.2, -0.15) is 0 Å². The van der Waals surface area contributed by atoms with Crippen molar-refractivity contribution in [1.29, 1.82) is 0 Å². The number of carbonyl (C=O) groups is 2. The molecule has 0 saturated carbocycles. The van der Waals surface area contributed by atoms with Gasteiger partial charge in [0.05, 0.1) is 6.10 Å². The maximum absolute atomic E-state index is 11.6. The lowest BCUT2D eigenvalue weighted by molar-refractivity contribution is -0.141.